The van der Waals surface area contributed by atoms with Gasteiger partial charge < -0.3 is 9.13 Å². The molecule has 0 atom stereocenters. The molecule has 12 aromatic rings. The van der Waals surface area contributed by atoms with Gasteiger partial charge in [0, 0.05) is 60.9 Å². The minimum Gasteiger partial charge on any atom is -0.313 e. The molecule has 14 rings (SSSR count). The molecule has 0 bridgehead atoms. The summed E-state index contributed by atoms with van der Waals surface area (Å²) in [6.45, 7) is 4.79. The second kappa shape index (κ2) is 15.2. The van der Waals surface area contributed by atoms with Crippen molar-refractivity contribution >= 4 is 49.6 Å². The zero-order valence-electron chi connectivity index (χ0n) is 38.4. The molecule has 3 heterocycles. The van der Waals surface area contributed by atoms with E-state index in [4.69, 9.17) is 15.0 Å². The van der Waals surface area contributed by atoms with Gasteiger partial charge in [-0.15, -0.1) is 0 Å². The number of fused-ring (bicyclic) bond motifs is 11. The second-order valence-electron chi connectivity index (χ2n) is 19.1. The van der Waals surface area contributed by atoms with Crippen molar-refractivity contribution in [1.82, 2.24) is 24.1 Å². The van der Waals surface area contributed by atoms with Gasteiger partial charge in [-0.2, -0.15) is 0 Å². The summed E-state index contributed by atoms with van der Waals surface area (Å²) in [5, 5.41) is 6.32. The van der Waals surface area contributed by atoms with Gasteiger partial charge in [0.1, 0.15) is 0 Å². The first-order valence-electron chi connectivity index (χ1n) is 24.0. The Morgan fingerprint density at radius 3 is 1.74 bits per heavy atom. The number of hydrogen-bond donors (Lipinski definition) is 0. The fourth-order valence-corrected chi connectivity index (χ4v) is 11.6. The van der Waals surface area contributed by atoms with Gasteiger partial charge in [0.05, 0.1) is 16.6 Å². The maximum Gasteiger partial charge on any atom is 0.164 e. The highest BCUT2D eigenvalue weighted by atomic mass is 15.0. The number of hydrogen-bond acceptors (Lipinski definition) is 3. The molecule has 2 aliphatic rings. The summed E-state index contributed by atoms with van der Waals surface area (Å²) in [6.07, 6.45) is 6.73. The van der Waals surface area contributed by atoms with Gasteiger partial charge in [0.2, 0.25) is 0 Å². The molecule has 5 nitrogen and oxygen atoms in total. The average molecular weight is 884 g/mol. The Labute approximate surface area is 400 Å². The predicted octanol–water partition coefficient (Wildman–Crippen LogP) is 16.0. The Morgan fingerprint density at radius 1 is 0.420 bits per heavy atom. The first-order valence-corrected chi connectivity index (χ1v) is 24.0. The van der Waals surface area contributed by atoms with Crippen molar-refractivity contribution in [1.29, 1.82) is 0 Å². The number of para-hydroxylation sites is 1. The summed E-state index contributed by atoms with van der Waals surface area (Å²) in [6, 6.07) is 72.4. The van der Waals surface area contributed by atoms with Crippen LogP contribution < -0.4 is 0 Å². The van der Waals surface area contributed by atoms with Crippen LogP contribution in [0.4, 0.5) is 0 Å². The van der Waals surface area contributed by atoms with Gasteiger partial charge in [-0.05, 0) is 118 Å². The molecule has 3 aromatic heterocycles. The first-order chi connectivity index (χ1) is 34.0. The van der Waals surface area contributed by atoms with Gasteiger partial charge in [-0.3, -0.25) is 0 Å². The quantitative estimate of drug-likeness (QED) is 0.167. The molecular formula is C64H45N5. The van der Waals surface area contributed by atoms with E-state index in [9.17, 15) is 0 Å². The van der Waals surface area contributed by atoms with Crippen LogP contribution in [0.3, 0.4) is 0 Å². The van der Waals surface area contributed by atoms with Crippen molar-refractivity contribution < 1.29 is 0 Å². The van der Waals surface area contributed by atoms with Gasteiger partial charge in [-0.1, -0.05) is 166 Å². The van der Waals surface area contributed by atoms with E-state index in [2.05, 4.69) is 199 Å². The van der Waals surface area contributed by atoms with Crippen molar-refractivity contribution in [2.24, 2.45) is 0 Å². The molecule has 326 valence electrons. The van der Waals surface area contributed by atoms with Crippen LogP contribution in [0.2, 0.25) is 0 Å². The van der Waals surface area contributed by atoms with Gasteiger partial charge >= 0.3 is 0 Å². The number of allylic oxidation sites excluding steroid dienone is 1. The number of aromatic nitrogens is 5. The number of benzene rings is 9. The Bertz CT molecular complexity index is 4020. The third kappa shape index (κ3) is 6.13. The Morgan fingerprint density at radius 2 is 1.01 bits per heavy atom. The highest BCUT2D eigenvalue weighted by Gasteiger charge is 2.38. The zero-order chi connectivity index (χ0) is 45.8. The third-order valence-corrected chi connectivity index (χ3v) is 14.8. The molecule has 5 heteroatoms. The fourth-order valence-electron chi connectivity index (χ4n) is 11.6. The monoisotopic (exact) mass is 883 g/mol. The normalized spacial score (nSPS) is 13.6. The van der Waals surface area contributed by atoms with Crippen LogP contribution >= 0.6 is 0 Å². The molecule has 0 aliphatic heterocycles. The Hall–Kier alpha value is -8.67. The van der Waals surface area contributed by atoms with E-state index in [1.165, 1.54) is 88.3 Å². The van der Waals surface area contributed by atoms with Crippen LogP contribution in [0.5, 0.6) is 0 Å². The third-order valence-electron chi connectivity index (χ3n) is 14.8. The van der Waals surface area contributed by atoms with Crippen LogP contribution in [-0.2, 0) is 11.8 Å². The molecule has 0 fully saturated rings. The van der Waals surface area contributed by atoms with Crippen molar-refractivity contribution in [2.45, 2.75) is 32.1 Å². The first kappa shape index (κ1) is 39.5. The molecule has 9 aromatic carbocycles. The van der Waals surface area contributed by atoms with E-state index >= 15 is 0 Å². The summed E-state index contributed by atoms with van der Waals surface area (Å²) < 4.78 is 4.92. The lowest BCUT2D eigenvalue weighted by Crippen LogP contribution is -2.15. The molecule has 69 heavy (non-hydrogen) atoms. The molecule has 0 spiro atoms. The van der Waals surface area contributed by atoms with E-state index in [1.54, 1.807) is 0 Å². The van der Waals surface area contributed by atoms with Crippen molar-refractivity contribution in [3.05, 3.63) is 229 Å². The summed E-state index contributed by atoms with van der Waals surface area (Å²) in [5.74, 6) is 1.92. The maximum absolute atomic E-state index is 5.14. The lowest BCUT2D eigenvalue weighted by molar-refractivity contribution is 0.667. The minimum absolute atomic E-state index is 0.222. The molecule has 0 N–H and O–H groups in total. The predicted molar refractivity (Wildman–Crippen MR) is 285 cm³/mol. The molecular weight excluding hydrogens is 839 g/mol. The molecule has 0 amide bonds. The van der Waals surface area contributed by atoms with Crippen LogP contribution in [0, 0.1) is 0 Å². The zero-order valence-corrected chi connectivity index (χ0v) is 38.4. The van der Waals surface area contributed by atoms with Crippen LogP contribution in [0.25, 0.3) is 117 Å². The summed E-state index contributed by atoms with van der Waals surface area (Å²) in [4.78, 5) is 15.3. The molecule has 0 saturated carbocycles. The Balaban J connectivity index is 0.986. The topological polar surface area (TPSA) is 48.5 Å². The van der Waals surface area contributed by atoms with E-state index in [-0.39, 0.29) is 5.41 Å². The van der Waals surface area contributed by atoms with Crippen LogP contribution in [0.1, 0.15) is 42.7 Å². The molecule has 0 saturated heterocycles. The molecule has 2 aliphatic carbocycles. The molecule has 0 radical (unpaired) electrons. The highest BCUT2D eigenvalue weighted by molar-refractivity contribution is 6.13. The smallest absolute Gasteiger partial charge is 0.164 e. The second-order valence-corrected chi connectivity index (χ2v) is 19.1. The van der Waals surface area contributed by atoms with Gasteiger partial charge in [0.25, 0.3) is 0 Å². The van der Waals surface area contributed by atoms with Crippen LogP contribution in [0.15, 0.2) is 206 Å². The standard InChI is InChI=1S/C64H45N5/c1-64(2)55-39-59-54(38-51(55)50-32-29-40-17-12-13-26-48(40)60(50)64)53-37-44(43-30-33-57-52(36-43)49-27-14-15-28-56(49)68(57)46-23-10-5-11-24-46)31-34-58(53)69(59)47-25-16-22-45(35-47)63-66-61(41-18-6-3-7-19-41)65-62(67-63)42-20-8-4-9-21-42/h3-14,16-27,29-39H,15,28H2,1-2H3. The summed E-state index contributed by atoms with van der Waals surface area (Å²) in [5.41, 5.74) is 18.9. The minimum atomic E-state index is -0.222. The highest BCUT2D eigenvalue weighted by Crippen LogP contribution is 2.53. The van der Waals surface area contributed by atoms with E-state index < -0.39 is 0 Å². The maximum atomic E-state index is 5.14. The van der Waals surface area contributed by atoms with Gasteiger partial charge in [0.15, 0.2) is 17.5 Å². The largest absolute Gasteiger partial charge is 0.313 e. The van der Waals surface area contributed by atoms with E-state index in [0.29, 0.717) is 17.5 Å². The lowest BCUT2D eigenvalue weighted by atomic mass is 9.80. The number of rotatable bonds is 6. The van der Waals surface area contributed by atoms with Gasteiger partial charge in [-0.25, -0.2) is 15.0 Å². The average Bonchev–Trinajstić information content (AvgIpc) is 4.00. The Kier molecular flexibility index (Phi) is 8.69. The van der Waals surface area contributed by atoms with Crippen molar-refractivity contribution in [2.75, 3.05) is 0 Å². The van der Waals surface area contributed by atoms with Crippen molar-refractivity contribution in [3.63, 3.8) is 0 Å². The van der Waals surface area contributed by atoms with Crippen molar-refractivity contribution in [3.8, 4) is 67.8 Å². The summed E-state index contributed by atoms with van der Waals surface area (Å²) >= 11 is 0. The fraction of sp³-hybridized carbons (Fsp3) is 0.0781. The van der Waals surface area contributed by atoms with Crippen LogP contribution in [-0.4, -0.2) is 24.1 Å². The van der Waals surface area contributed by atoms with E-state index in [1.807, 2.05) is 36.4 Å². The van der Waals surface area contributed by atoms with E-state index in [0.717, 1.165) is 40.7 Å². The molecule has 0 unspecified atom stereocenters. The SMILES string of the molecule is CC1(C)c2cc3c(cc2-c2ccc4ccccc4c21)c1cc(-c2ccc4c(c2)c2c(n4-c4ccccc4)CCC=C2)ccc1n3-c1cccc(-c2nc(-c3ccccc3)nc(-c3ccccc3)n2)c1. The summed E-state index contributed by atoms with van der Waals surface area (Å²) in [7, 11) is 0. The lowest BCUT2D eigenvalue weighted by Gasteiger charge is -2.23. The number of nitrogens with zero attached hydrogens (tertiary/aromatic N) is 5.